The Balaban J connectivity index is 2.53. The average molecular weight is 159 g/mol. The van der Waals surface area contributed by atoms with Crippen LogP contribution in [0.3, 0.4) is 0 Å². The van der Waals surface area contributed by atoms with Crippen molar-refractivity contribution in [3.8, 4) is 0 Å². The van der Waals surface area contributed by atoms with Crippen LogP contribution in [0.2, 0.25) is 0 Å². The second-order valence-electron chi connectivity index (χ2n) is 2.10. The van der Waals surface area contributed by atoms with Gasteiger partial charge in [0.15, 0.2) is 0 Å². The van der Waals surface area contributed by atoms with Gasteiger partial charge in [0.2, 0.25) is 11.0 Å². The van der Waals surface area contributed by atoms with Crippen LogP contribution < -0.4 is 5.32 Å². The van der Waals surface area contributed by atoms with E-state index in [0.29, 0.717) is 0 Å². The molecule has 1 aliphatic heterocycles. The number of nitrogens with one attached hydrogen (secondary N) is 1. The summed E-state index contributed by atoms with van der Waals surface area (Å²) in [5.74, 6) is -0.00731. The van der Waals surface area contributed by atoms with Gasteiger partial charge in [0.1, 0.15) is 0 Å². The van der Waals surface area contributed by atoms with Gasteiger partial charge in [0, 0.05) is 0 Å². The molecule has 0 spiro atoms. The third-order valence-electron chi connectivity index (χ3n) is 1.34. The first-order valence-corrected chi connectivity index (χ1v) is 4.09. The largest absolute Gasteiger partial charge is 0.347 e. The maximum Gasteiger partial charge on any atom is 0.233 e. The molecule has 0 aromatic rings. The summed E-state index contributed by atoms with van der Waals surface area (Å²) in [4.78, 5) is 21.6. The van der Waals surface area contributed by atoms with E-state index in [9.17, 15) is 9.59 Å². The Labute approximate surface area is 63.6 Å². The summed E-state index contributed by atoms with van der Waals surface area (Å²) in [6, 6.07) is 0. The Morgan fingerprint density at radius 2 is 2.40 bits per heavy atom. The molecule has 0 aromatic carbocycles. The second-order valence-corrected chi connectivity index (χ2v) is 3.36. The van der Waals surface area contributed by atoms with Gasteiger partial charge in [0.25, 0.3) is 0 Å². The fraction of sp³-hybridized carbons (Fsp3) is 0.667. The molecule has 10 heavy (non-hydrogen) atoms. The van der Waals surface area contributed by atoms with Crippen LogP contribution >= 0.6 is 11.8 Å². The quantitative estimate of drug-likeness (QED) is 0.592. The van der Waals surface area contributed by atoms with Crippen LogP contribution in [0.25, 0.3) is 0 Å². The van der Waals surface area contributed by atoms with Crippen molar-refractivity contribution in [1.29, 1.82) is 0 Å². The lowest BCUT2D eigenvalue weighted by molar-refractivity contribution is -0.123. The van der Waals surface area contributed by atoms with Gasteiger partial charge in [-0.15, -0.1) is 0 Å². The summed E-state index contributed by atoms with van der Waals surface area (Å²) in [6.07, 6.45) is 0.724. The van der Waals surface area contributed by atoms with Crippen LogP contribution in [0, 0.1) is 0 Å². The summed E-state index contributed by atoms with van der Waals surface area (Å²) in [5.41, 5.74) is 0. The number of amides is 1. The SMILES string of the molecule is CCC1SC(=O)CNC1=O. The molecular weight excluding hydrogens is 150 g/mol. The lowest BCUT2D eigenvalue weighted by atomic mass is 10.3. The molecule has 0 radical (unpaired) electrons. The normalized spacial score (nSPS) is 26.3. The first-order chi connectivity index (χ1) is 4.74. The van der Waals surface area contributed by atoms with Crippen LogP contribution in [0.1, 0.15) is 13.3 Å². The second kappa shape index (κ2) is 3.05. The highest BCUT2D eigenvalue weighted by Crippen LogP contribution is 2.18. The zero-order chi connectivity index (χ0) is 7.56. The highest BCUT2D eigenvalue weighted by molar-refractivity contribution is 8.14. The zero-order valence-electron chi connectivity index (χ0n) is 5.72. The van der Waals surface area contributed by atoms with Crippen LogP contribution in [0.4, 0.5) is 0 Å². The molecule has 0 bridgehead atoms. The fourth-order valence-corrected chi connectivity index (χ4v) is 1.63. The minimum atomic E-state index is -0.152. The fourth-order valence-electron chi connectivity index (χ4n) is 0.796. The summed E-state index contributed by atoms with van der Waals surface area (Å²) in [5, 5.41) is 2.43. The molecule has 1 atom stereocenters. The number of hydrogen-bond acceptors (Lipinski definition) is 3. The maximum absolute atomic E-state index is 10.9. The van der Waals surface area contributed by atoms with E-state index in [-0.39, 0.29) is 22.8 Å². The molecule has 3 nitrogen and oxygen atoms in total. The van der Waals surface area contributed by atoms with E-state index in [1.165, 1.54) is 0 Å². The molecule has 1 fully saturated rings. The highest BCUT2D eigenvalue weighted by Gasteiger charge is 2.25. The van der Waals surface area contributed by atoms with E-state index >= 15 is 0 Å². The van der Waals surface area contributed by atoms with Crippen LogP contribution in [-0.4, -0.2) is 22.8 Å². The number of carbonyl (C=O) groups is 2. The molecule has 0 aliphatic carbocycles. The molecule has 1 amide bonds. The van der Waals surface area contributed by atoms with E-state index in [4.69, 9.17) is 0 Å². The van der Waals surface area contributed by atoms with E-state index < -0.39 is 0 Å². The maximum atomic E-state index is 10.9. The molecule has 1 unspecified atom stereocenters. The van der Waals surface area contributed by atoms with Crippen molar-refractivity contribution in [1.82, 2.24) is 5.32 Å². The van der Waals surface area contributed by atoms with Gasteiger partial charge in [-0.3, -0.25) is 9.59 Å². The lowest BCUT2D eigenvalue weighted by Crippen LogP contribution is -2.41. The Kier molecular flexibility index (Phi) is 2.32. The Morgan fingerprint density at radius 3 is 2.90 bits per heavy atom. The Bertz CT molecular complexity index is 169. The molecule has 0 aromatic heterocycles. The highest BCUT2D eigenvalue weighted by atomic mass is 32.2. The molecule has 0 saturated carbocycles. The van der Waals surface area contributed by atoms with Gasteiger partial charge < -0.3 is 5.32 Å². The van der Waals surface area contributed by atoms with Gasteiger partial charge in [-0.25, -0.2) is 0 Å². The van der Waals surface area contributed by atoms with Gasteiger partial charge in [-0.2, -0.15) is 0 Å². The first-order valence-electron chi connectivity index (χ1n) is 3.21. The van der Waals surface area contributed by atoms with Crippen LogP contribution in [-0.2, 0) is 9.59 Å². The molecule has 1 N–H and O–H groups in total. The molecule has 56 valence electrons. The van der Waals surface area contributed by atoms with Crippen molar-refractivity contribution in [2.45, 2.75) is 18.6 Å². The summed E-state index contributed by atoms with van der Waals surface area (Å²) in [6.45, 7) is 2.09. The standard InChI is InChI=1S/C6H9NO2S/c1-2-4-6(9)7-3-5(8)10-4/h4H,2-3H2,1H3,(H,7,9). The van der Waals surface area contributed by atoms with Crippen molar-refractivity contribution in [3.05, 3.63) is 0 Å². The summed E-state index contributed by atoms with van der Waals surface area (Å²) < 4.78 is 0. The van der Waals surface area contributed by atoms with Gasteiger partial charge in [0.05, 0.1) is 11.8 Å². The molecule has 1 rings (SSSR count). The summed E-state index contributed by atoms with van der Waals surface area (Å²) in [7, 11) is 0. The number of carbonyl (C=O) groups excluding carboxylic acids is 2. The topological polar surface area (TPSA) is 46.2 Å². The van der Waals surface area contributed by atoms with E-state index in [2.05, 4.69) is 5.32 Å². The van der Waals surface area contributed by atoms with Crippen molar-refractivity contribution in [2.75, 3.05) is 6.54 Å². The molecular formula is C6H9NO2S. The average Bonchev–Trinajstić information content (AvgIpc) is 1.94. The zero-order valence-corrected chi connectivity index (χ0v) is 6.53. The van der Waals surface area contributed by atoms with Crippen molar-refractivity contribution in [3.63, 3.8) is 0 Å². The Morgan fingerprint density at radius 1 is 1.70 bits per heavy atom. The van der Waals surface area contributed by atoms with E-state index in [1.807, 2.05) is 6.92 Å². The number of thioether (sulfide) groups is 1. The number of hydrogen-bond donors (Lipinski definition) is 1. The lowest BCUT2D eigenvalue weighted by Gasteiger charge is -2.18. The van der Waals surface area contributed by atoms with E-state index in [1.54, 1.807) is 0 Å². The van der Waals surface area contributed by atoms with Crippen molar-refractivity contribution in [2.24, 2.45) is 0 Å². The van der Waals surface area contributed by atoms with Crippen LogP contribution in [0.5, 0.6) is 0 Å². The third kappa shape index (κ3) is 1.50. The van der Waals surface area contributed by atoms with Crippen molar-refractivity contribution < 1.29 is 9.59 Å². The predicted octanol–water partition coefficient (Wildman–Crippen LogP) is 0.155. The molecule has 4 heteroatoms. The van der Waals surface area contributed by atoms with Gasteiger partial charge in [-0.05, 0) is 6.42 Å². The minimum Gasteiger partial charge on any atom is -0.347 e. The molecule has 1 saturated heterocycles. The Hall–Kier alpha value is -0.510. The smallest absolute Gasteiger partial charge is 0.233 e. The summed E-state index contributed by atoms with van der Waals surface area (Å²) >= 11 is 1.14. The number of rotatable bonds is 1. The minimum absolute atomic E-state index is 0.00731. The molecule has 1 heterocycles. The molecule has 1 aliphatic rings. The first kappa shape index (κ1) is 7.60. The van der Waals surface area contributed by atoms with Gasteiger partial charge >= 0.3 is 0 Å². The van der Waals surface area contributed by atoms with E-state index in [0.717, 1.165) is 18.2 Å². The monoisotopic (exact) mass is 159 g/mol. The van der Waals surface area contributed by atoms with Gasteiger partial charge in [-0.1, -0.05) is 18.7 Å². The van der Waals surface area contributed by atoms with Crippen LogP contribution in [0.15, 0.2) is 0 Å². The van der Waals surface area contributed by atoms with Crippen molar-refractivity contribution >= 4 is 22.8 Å². The third-order valence-corrected chi connectivity index (χ3v) is 2.58. The predicted molar refractivity (Wildman–Crippen MR) is 39.7 cm³/mol.